The van der Waals surface area contributed by atoms with Crippen LogP contribution in [-0.2, 0) is 10.2 Å². The van der Waals surface area contributed by atoms with Crippen LogP contribution in [0.3, 0.4) is 0 Å². The lowest BCUT2D eigenvalue weighted by atomic mass is 9.99. The second-order valence-electron chi connectivity index (χ2n) is 6.60. The zero-order valence-corrected chi connectivity index (χ0v) is 14.9. The molecule has 1 saturated heterocycles. The van der Waals surface area contributed by atoms with Crippen molar-refractivity contribution in [3.63, 3.8) is 0 Å². The number of hydrogen-bond donors (Lipinski definition) is 2. The molecule has 2 unspecified atom stereocenters. The fraction of sp³-hybridized carbons (Fsp3) is 1.00. The van der Waals surface area contributed by atoms with Gasteiger partial charge in [0.1, 0.15) is 0 Å². The first-order valence-corrected chi connectivity index (χ1v) is 9.31. The monoisotopic (exact) mass is 320 g/mol. The van der Waals surface area contributed by atoms with Crippen molar-refractivity contribution in [3.05, 3.63) is 0 Å². The van der Waals surface area contributed by atoms with Gasteiger partial charge in [-0.1, -0.05) is 13.8 Å². The number of nitrogens with one attached hydrogen (secondary N) is 2. The molecule has 126 valence electrons. The number of nitrogens with zero attached hydrogens (tertiary/aromatic N) is 2. The zero-order valence-electron chi connectivity index (χ0n) is 14.1. The third-order valence-electron chi connectivity index (χ3n) is 4.08. The van der Waals surface area contributed by atoms with Crippen LogP contribution in [0.5, 0.6) is 0 Å². The van der Waals surface area contributed by atoms with Gasteiger partial charge in [-0.05, 0) is 46.3 Å². The smallest absolute Gasteiger partial charge is 0.279 e. The average Bonchev–Trinajstić information content (AvgIpc) is 2.42. The molecule has 0 aromatic carbocycles. The molecule has 1 aliphatic heterocycles. The van der Waals surface area contributed by atoms with Crippen molar-refractivity contribution in [1.82, 2.24) is 19.2 Å². The van der Waals surface area contributed by atoms with E-state index in [0.29, 0.717) is 31.6 Å². The summed E-state index contributed by atoms with van der Waals surface area (Å²) in [6.45, 7) is 8.81. The van der Waals surface area contributed by atoms with Crippen LogP contribution in [0.15, 0.2) is 0 Å². The van der Waals surface area contributed by atoms with Gasteiger partial charge in [-0.25, -0.2) is 4.72 Å². The van der Waals surface area contributed by atoms with E-state index in [-0.39, 0.29) is 6.04 Å². The highest BCUT2D eigenvalue weighted by Gasteiger charge is 2.28. The van der Waals surface area contributed by atoms with Crippen molar-refractivity contribution < 1.29 is 8.42 Å². The molecule has 1 aliphatic rings. The van der Waals surface area contributed by atoms with Crippen molar-refractivity contribution in [2.45, 2.75) is 45.7 Å². The Morgan fingerprint density at radius 1 is 1.29 bits per heavy atom. The first-order chi connectivity index (χ1) is 9.72. The van der Waals surface area contributed by atoms with Crippen LogP contribution < -0.4 is 10.0 Å². The number of piperidine rings is 1. The molecule has 0 saturated carbocycles. The lowest BCUT2D eigenvalue weighted by molar-refractivity contribution is 0.251. The van der Waals surface area contributed by atoms with Gasteiger partial charge in [0.2, 0.25) is 0 Å². The molecule has 1 heterocycles. The molecule has 0 aliphatic carbocycles. The quantitative estimate of drug-likeness (QED) is 0.683. The molecular formula is C14H32N4O2S. The summed E-state index contributed by atoms with van der Waals surface area (Å²) in [5.74, 6) is 0.406. The van der Waals surface area contributed by atoms with Gasteiger partial charge in [-0.15, -0.1) is 0 Å². The Bertz CT molecular complexity index is 398. The topological polar surface area (TPSA) is 64.7 Å². The predicted octanol–water partition coefficient (Wildman–Crippen LogP) is 0.481. The van der Waals surface area contributed by atoms with E-state index in [2.05, 4.69) is 23.9 Å². The maximum Gasteiger partial charge on any atom is 0.279 e. The third kappa shape index (κ3) is 6.61. The highest BCUT2D eigenvalue weighted by Crippen LogP contribution is 2.18. The molecule has 0 radical (unpaired) electrons. The van der Waals surface area contributed by atoms with Crippen LogP contribution in [0.4, 0.5) is 0 Å². The first-order valence-electron chi connectivity index (χ1n) is 7.87. The summed E-state index contributed by atoms with van der Waals surface area (Å²) in [4.78, 5) is 2.01. The molecule has 0 aromatic rings. The Hall–Kier alpha value is -0.210. The minimum Gasteiger partial charge on any atom is -0.314 e. The van der Waals surface area contributed by atoms with Gasteiger partial charge in [0, 0.05) is 31.7 Å². The molecule has 2 atom stereocenters. The van der Waals surface area contributed by atoms with E-state index in [4.69, 9.17) is 0 Å². The van der Waals surface area contributed by atoms with Crippen LogP contribution in [0, 0.1) is 5.92 Å². The van der Waals surface area contributed by atoms with Crippen molar-refractivity contribution in [2.24, 2.45) is 5.92 Å². The highest BCUT2D eigenvalue weighted by molar-refractivity contribution is 7.87. The van der Waals surface area contributed by atoms with E-state index in [0.717, 1.165) is 19.4 Å². The van der Waals surface area contributed by atoms with E-state index in [1.807, 2.05) is 25.9 Å². The van der Waals surface area contributed by atoms with Gasteiger partial charge in [0.05, 0.1) is 0 Å². The second-order valence-corrected chi connectivity index (χ2v) is 8.35. The normalized spacial score (nSPS) is 22.9. The lowest BCUT2D eigenvalue weighted by Crippen LogP contribution is -2.50. The maximum atomic E-state index is 12.4. The molecule has 0 spiro atoms. The first kappa shape index (κ1) is 18.8. The Balaban J connectivity index is 2.50. The molecular weight excluding hydrogens is 288 g/mol. The molecule has 0 amide bonds. The van der Waals surface area contributed by atoms with Gasteiger partial charge < -0.3 is 10.2 Å². The molecule has 7 heteroatoms. The van der Waals surface area contributed by atoms with Gasteiger partial charge >= 0.3 is 0 Å². The lowest BCUT2D eigenvalue weighted by Gasteiger charge is -2.33. The van der Waals surface area contributed by atoms with Crippen LogP contribution in [-0.4, -0.2) is 70.0 Å². The molecule has 1 rings (SSSR count). The van der Waals surface area contributed by atoms with Gasteiger partial charge in [0.25, 0.3) is 10.2 Å². The Morgan fingerprint density at radius 2 is 1.95 bits per heavy atom. The van der Waals surface area contributed by atoms with Gasteiger partial charge in [-0.2, -0.15) is 12.7 Å². The summed E-state index contributed by atoms with van der Waals surface area (Å²) in [7, 11) is 0.549. The molecule has 21 heavy (non-hydrogen) atoms. The fourth-order valence-electron chi connectivity index (χ4n) is 2.31. The van der Waals surface area contributed by atoms with E-state index in [9.17, 15) is 8.42 Å². The van der Waals surface area contributed by atoms with Crippen LogP contribution in [0.25, 0.3) is 0 Å². The number of rotatable bonds is 8. The summed E-state index contributed by atoms with van der Waals surface area (Å²) < 4.78 is 29.1. The number of likely N-dealkylation sites (N-methyl/N-ethyl adjacent to an activating group) is 1. The van der Waals surface area contributed by atoms with Crippen LogP contribution in [0.1, 0.15) is 33.6 Å². The average molecular weight is 321 g/mol. The Morgan fingerprint density at radius 3 is 2.52 bits per heavy atom. The van der Waals surface area contributed by atoms with E-state index in [1.54, 1.807) is 4.31 Å². The Labute approximate surface area is 130 Å². The van der Waals surface area contributed by atoms with Crippen molar-refractivity contribution in [1.29, 1.82) is 0 Å². The maximum absolute atomic E-state index is 12.4. The summed E-state index contributed by atoms with van der Waals surface area (Å²) in [6.07, 6.45) is 2.04. The highest BCUT2D eigenvalue weighted by atomic mass is 32.2. The predicted molar refractivity (Wildman–Crippen MR) is 87.5 cm³/mol. The number of hydrogen-bond acceptors (Lipinski definition) is 4. The van der Waals surface area contributed by atoms with Gasteiger partial charge in [-0.3, -0.25) is 0 Å². The van der Waals surface area contributed by atoms with E-state index >= 15 is 0 Å². The minimum atomic E-state index is -3.35. The summed E-state index contributed by atoms with van der Waals surface area (Å²) in [6, 6.07) is 0.624. The molecule has 1 fully saturated rings. The van der Waals surface area contributed by atoms with E-state index in [1.165, 1.54) is 0 Å². The Kier molecular flexibility index (Phi) is 7.56. The molecule has 0 aromatic heterocycles. The minimum absolute atomic E-state index is 0.183. The largest absolute Gasteiger partial charge is 0.314 e. The van der Waals surface area contributed by atoms with Crippen LogP contribution >= 0.6 is 0 Å². The summed E-state index contributed by atoms with van der Waals surface area (Å²) >= 11 is 0. The van der Waals surface area contributed by atoms with Crippen molar-refractivity contribution in [2.75, 3.05) is 40.3 Å². The second kappa shape index (κ2) is 8.43. The standard InChI is InChI=1S/C14H32N4O2S/c1-12(2)15-10-14-7-6-8-18(11-14)21(19,20)16-9-13(3)17(4)5/h12-16H,6-11H2,1-5H3. The third-order valence-corrected chi connectivity index (χ3v) is 5.62. The van der Waals surface area contributed by atoms with Crippen molar-refractivity contribution >= 4 is 10.2 Å². The fourth-order valence-corrected chi connectivity index (χ4v) is 3.72. The van der Waals surface area contributed by atoms with Crippen LogP contribution in [0.2, 0.25) is 0 Å². The molecule has 6 nitrogen and oxygen atoms in total. The SMILES string of the molecule is CC(C)NCC1CCCN(S(=O)(=O)NCC(C)N(C)C)C1. The van der Waals surface area contributed by atoms with Gasteiger partial charge in [0.15, 0.2) is 0 Å². The zero-order chi connectivity index (χ0) is 16.0. The summed E-state index contributed by atoms with van der Waals surface area (Å²) in [5, 5.41) is 3.40. The summed E-state index contributed by atoms with van der Waals surface area (Å²) in [5.41, 5.74) is 0. The molecule has 2 N–H and O–H groups in total. The van der Waals surface area contributed by atoms with Crippen molar-refractivity contribution in [3.8, 4) is 0 Å². The van der Waals surface area contributed by atoms with E-state index < -0.39 is 10.2 Å². The molecule has 0 bridgehead atoms.